The number of rotatable bonds is 1. The summed E-state index contributed by atoms with van der Waals surface area (Å²) in [5, 5.41) is 0. The third-order valence-electron chi connectivity index (χ3n) is 2.03. The topological polar surface area (TPSA) is 43.1 Å². The Morgan fingerprint density at radius 2 is 1.93 bits per heavy atom. The second-order valence-electron chi connectivity index (χ2n) is 4.28. The molecule has 0 heterocycles. The number of hydrogen-bond acceptors (Lipinski definition) is 1. The van der Waals surface area contributed by atoms with E-state index in [-0.39, 0.29) is 64.1 Å². The molecule has 0 bridgehead atoms. The van der Waals surface area contributed by atoms with Crippen LogP contribution in [-0.2, 0) is 5.41 Å². The molecule has 78 valence electrons. The molecule has 1 aromatic carbocycles. The van der Waals surface area contributed by atoms with Crippen molar-refractivity contribution in [1.29, 1.82) is 0 Å². The molecule has 15 heavy (non-hydrogen) atoms. The molecule has 0 radical (unpaired) electrons. The predicted molar refractivity (Wildman–Crippen MR) is 67.5 cm³/mol. The zero-order valence-corrected chi connectivity index (χ0v) is 14.9. The van der Waals surface area contributed by atoms with Gasteiger partial charge in [-0.1, -0.05) is 26.8 Å². The van der Waals surface area contributed by atoms with E-state index in [1.165, 1.54) is 0 Å². The summed E-state index contributed by atoms with van der Waals surface area (Å²) in [6, 6.07) is 5.63. The van der Waals surface area contributed by atoms with Crippen molar-refractivity contribution in [2.45, 2.75) is 26.2 Å². The van der Waals surface area contributed by atoms with Gasteiger partial charge in [-0.05, 0) is 45.7 Å². The van der Waals surface area contributed by atoms with E-state index in [0.29, 0.717) is 5.56 Å². The number of benzene rings is 1. The molecule has 1 amide bonds. The zero-order valence-electron chi connectivity index (χ0n) is 10.6. The van der Waals surface area contributed by atoms with Crippen molar-refractivity contribution in [1.82, 2.24) is 0 Å². The molecule has 1 aromatic rings. The SMILES string of the molecule is CC(C)(C)c1c(I)cccc1C(N)=O.[H-].[K+]. The summed E-state index contributed by atoms with van der Waals surface area (Å²) < 4.78 is 1.09. The van der Waals surface area contributed by atoms with E-state index in [1.807, 2.05) is 12.1 Å². The Bertz CT molecular complexity index is 377. The van der Waals surface area contributed by atoms with Crippen LogP contribution in [-0.4, -0.2) is 5.91 Å². The maximum atomic E-state index is 11.2. The normalized spacial score (nSPS) is 10.7. The van der Waals surface area contributed by atoms with E-state index in [1.54, 1.807) is 6.07 Å². The van der Waals surface area contributed by atoms with E-state index in [4.69, 9.17) is 5.73 Å². The molecule has 0 aliphatic rings. The van der Waals surface area contributed by atoms with Gasteiger partial charge in [-0.2, -0.15) is 0 Å². The van der Waals surface area contributed by atoms with Gasteiger partial charge in [0.25, 0.3) is 0 Å². The Morgan fingerprint density at radius 1 is 1.40 bits per heavy atom. The molecular weight excluding hydrogens is 328 g/mol. The van der Waals surface area contributed by atoms with Crippen LogP contribution in [0.2, 0.25) is 0 Å². The standard InChI is InChI=1S/C11H14INO.K.H/c1-11(2,3)9-7(10(13)14)5-4-6-8(9)12;;/h4-6H,1-3H3,(H2,13,14);;/q;+1;-1. The Balaban J connectivity index is 0. The summed E-state index contributed by atoms with van der Waals surface area (Å²) in [5.74, 6) is -0.353. The van der Waals surface area contributed by atoms with Crippen molar-refractivity contribution in [3.63, 3.8) is 0 Å². The van der Waals surface area contributed by atoms with Crippen molar-refractivity contribution < 1.29 is 57.6 Å². The fourth-order valence-corrected chi connectivity index (χ4v) is 2.80. The number of amides is 1. The number of hydrogen-bond donors (Lipinski definition) is 1. The van der Waals surface area contributed by atoms with Gasteiger partial charge in [-0.15, -0.1) is 0 Å². The van der Waals surface area contributed by atoms with Crippen molar-refractivity contribution in [3.05, 3.63) is 32.9 Å². The molecule has 0 aromatic heterocycles. The van der Waals surface area contributed by atoms with E-state index in [0.717, 1.165) is 9.13 Å². The van der Waals surface area contributed by atoms with Crippen LogP contribution >= 0.6 is 22.6 Å². The minimum absolute atomic E-state index is 0. The van der Waals surface area contributed by atoms with Gasteiger partial charge < -0.3 is 7.16 Å². The van der Waals surface area contributed by atoms with Gasteiger partial charge in [0.05, 0.1) is 0 Å². The van der Waals surface area contributed by atoms with E-state index in [2.05, 4.69) is 43.4 Å². The number of primary amides is 1. The van der Waals surface area contributed by atoms with Gasteiger partial charge in [0.2, 0.25) is 5.91 Å². The minimum Gasteiger partial charge on any atom is -1.00 e. The summed E-state index contributed by atoms with van der Waals surface area (Å²) in [4.78, 5) is 11.2. The third-order valence-corrected chi connectivity index (χ3v) is 2.93. The second-order valence-corrected chi connectivity index (χ2v) is 5.44. The summed E-state index contributed by atoms with van der Waals surface area (Å²) in [7, 11) is 0. The average molecular weight is 343 g/mol. The van der Waals surface area contributed by atoms with Gasteiger partial charge in [-0.25, -0.2) is 0 Å². The molecule has 0 atom stereocenters. The minimum atomic E-state index is -0.353. The number of carbonyl (C=O) groups excluding carboxylic acids is 1. The molecule has 2 N–H and O–H groups in total. The quantitative estimate of drug-likeness (QED) is 0.557. The van der Waals surface area contributed by atoms with Gasteiger partial charge in [0.1, 0.15) is 0 Å². The first-order chi connectivity index (χ1) is 6.34. The number of carbonyl (C=O) groups is 1. The first kappa shape index (κ1) is 16.1. The van der Waals surface area contributed by atoms with Crippen LogP contribution in [0.25, 0.3) is 0 Å². The van der Waals surface area contributed by atoms with Crippen LogP contribution in [0.5, 0.6) is 0 Å². The first-order valence-electron chi connectivity index (χ1n) is 4.43. The second kappa shape index (κ2) is 6.12. The van der Waals surface area contributed by atoms with Gasteiger partial charge in [0, 0.05) is 9.13 Å². The van der Waals surface area contributed by atoms with E-state index in [9.17, 15) is 4.79 Å². The third kappa shape index (κ3) is 4.09. The molecule has 0 fully saturated rings. The van der Waals surface area contributed by atoms with Crippen molar-refractivity contribution in [2.24, 2.45) is 5.73 Å². The summed E-state index contributed by atoms with van der Waals surface area (Å²) >= 11 is 2.24. The monoisotopic (exact) mass is 343 g/mol. The Labute approximate surface area is 148 Å². The molecular formula is C11H15IKNO. The van der Waals surface area contributed by atoms with E-state index < -0.39 is 0 Å². The van der Waals surface area contributed by atoms with Gasteiger partial charge in [-0.3, -0.25) is 4.79 Å². The molecule has 0 aliphatic carbocycles. The fraction of sp³-hybridized carbons (Fsp3) is 0.364. The maximum Gasteiger partial charge on any atom is 1.00 e. The molecule has 2 nitrogen and oxygen atoms in total. The summed E-state index contributed by atoms with van der Waals surface area (Å²) in [6.45, 7) is 6.24. The molecule has 0 aliphatic heterocycles. The van der Waals surface area contributed by atoms with Crippen LogP contribution < -0.4 is 57.1 Å². The van der Waals surface area contributed by atoms with Crippen molar-refractivity contribution in [3.8, 4) is 0 Å². The van der Waals surface area contributed by atoms with Crippen LogP contribution in [0.15, 0.2) is 18.2 Å². The van der Waals surface area contributed by atoms with Crippen LogP contribution in [0.1, 0.15) is 38.1 Å². The number of nitrogens with two attached hydrogens (primary N) is 1. The Kier molecular flexibility index (Phi) is 6.55. The van der Waals surface area contributed by atoms with Crippen molar-refractivity contribution in [2.75, 3.05) is 0 Å². The molecule has 1 rings (SSSR count). The summed E-state index contributed by atoms with van der Waals surface area (Å²) in [6.07, 6.45) is 0. The molecule has 0 unspecified atom stereocenters. The molecule has 0 spiro atoms. The van der Waals surface area contributed by atoms with Crippen LogP contribution in [0.4, 0.5) is 0 Å². The molecule has 0 saturated heterocycles. The average Bonchev–Trinajstić information content (AvgIpc) is 2.01. The van der Waals surface area contributed by atoms with E-state index >= 15 is 0 Å². The largest absolute Gasteiger partial charge is 1.00 e. The van der Waals surface area contributed by atoms with Gasteiger partial charge in [0.15, 0.2) is 0 Å². The first-order valence-corrected chi connectivity index (χ1v) is 5.50. The van der Waals surface area contributed by atoms with Crippen molar-refractivity contribution >= 4 is 28.5 Å². The number of halogens is 1. The van der Waals surface area contributed by atoms with Crippen LogP contribution in [0.3, 0.4) is 0 Å². The fourth-order valence-electron chi connectivity index (χ4n) is 1.49. The maximum absolute atomic E-state index is 11.2. The van der Waals surface area contributed by atoms with Gasteiger partial charge >= 0.3 is 51.4 Å². The molecule has 0 saturated carbocycles. The Hall–Kier alpha value is 1.06. The smallest absolute Gasteiger partial charge is 1.00 e. The van der Waals surface area contributed by atoms with Crippen LogP contribution in [0, 0.1) is 3.57 Å². The Morgan fingerprint density at radius 3 is 2.27 bits per heavy atom. The molecule has 4 heteroatoms. The zero-order chi connectivity index (χ0) is 10.9. The predicted octanol–water partition coefficient (Wildman–Crippen LogP) is -0.196. The summed E-state index contributed by atoms with van der Waals surface area (Å²) in [5.41, 5.74) is 6.95.